The van der Waals surface area contributed by atoms with E-state index in [4.69, 9.17) is 0 Å². The summed E-state index contributed by atoms with van der Waals surface area (Å²) in [5.41, 5.74) is 3.17. The molecule has 3 N–H and O–H groups in total. The van der Waals surface area contributed by atoms with Crippen LogP contribution in [0.25, 0.3) is 22.2 Å². The molecule has 2 atom stereocenters. The van der Waals surface area contributed by atoms with Crippen molar-refractivity contribution in [3.63, 3.8) is 0 Å². The van der Waals surface area contributed by atoms with Gasteiger partial charge in [0.1, 0.15) is 17.5 Å². The Kier molecular flexibility index (Phi) is 7.23. The molecule has 0 amide bonds. The number of benzene rings is 2. The van der Waals surface area contributed by atoms with Crippen LogP contribution in [0.3, 0.4) is 0 Å². The fourth-order valence-corrected chi connectivity index (χ4v) is 3.86. The number of hydrogen-bond acceptors (Lipinski definition) is 2. The van der Waals surface area contributed by atoms with Crippen molar-refractivity contribution < 1.29 is 13.2 Å². The van der Waals surface area contributed by atoms with Crippen molar-refractivity contribution in [1.82, 2.24) is 15.6 Å². The SMILES string of the molecule is C=CC(NC(=C)CCc1c(-c2ccc(F)cc2)[nH]c2c(F)cc(F)cc12)C(C)CNC. The third kappa shape index (κ3) is 5.20. The molecule has 3 nitrogen and oxygen atoms in total. The monoisotopic (exact) mass is 427 g/mol. The van der Waals surface area contributed by atoms with Crippen molar-refractivity contribution in [2.45, 2.75) is 25.8 Å². The molecule has 3 aromatic rings. The van der Waals surface area contributed by atoms with Gasteiger partial charge in [0.2, 0.25) is 0 Å². The van der Waals surface area contributed by atoms with Crippen LogP contribution in [0, 0.1) is 23.4 Å². The van der Waals surface area contributed by atoms with E-state index in [1.807, 2.05) is 13.1 Å². The van der Waals surface area contributed by atoms with Crippen molar-refractivity contribution in [2.24, 2.45) is 5.92 Å². The van der Waals surface area contributed by atoms with Gasteiger partial charge in [-0.2, -0.15) is 0 Å². The minimum Gasteiger partial charge on any atom is -0.382 e. The van der Waals surface area contributed by atoms with Gasteiger partial charge in [-0.1, -0.05) is 19.6 Å². The maximum atomic E-state index is 14.4. The van der Waals surface area contributed by atoms with Crippen molar-refractivity contribution in [2.75, 3.05) is 13.6 Å². The fourth-order valence-electron chi connectivity index (χ4n) is 3.86. The highest BCUT2D eigenvalue weighted by Gasteiger charge is 2.18. The van der Waals surface area contributed by atoms with E-state index in [1.165, 1.54) is 18.2 Å². The third-order valence-corrected chi connectivity index (χ3v) is 5.51. The summed E-state index contributed by atoms with van der Waals surface area (Å²) in [7, 11) is 1.90. The zero-order chi connectivity index (χ0) is 22.5. The molecule has 6 heteroatoms. The molecule has 0 aliphatic heterocycles. The van der Waals surface area contributed by atoms with E-state index in [2.05, 4.69) is 35.7 Å². The number of aryl methyl sites for hydroxylation is 1. The second-order valence-corrected chi connectivity index (χ2v) is 7.84. The molecule has 31 heavy (non-hydrogen) atoms. The van der Waals surface area contributed by atoms with Crippen LogP contribution in [0.15, 0.2) is 61.3 Å². The van der Waals surface area contributed by atoms with Gasteiger partial charge >= 0.3 is 0 Å². The average molecular weight is 428 g/mol. The van der Waals surface area contributed by atoms with E-state index >= 15 is 0 Å². The van der Waals surface area contributed by atoms with Crippen LogP contribution in [0.4, 0.5) is 13.2 Å². The molecule has 164 valence electrons. The molecule has 2 unspecified atom stereocenters. The van der Waals surface area contributed by atoms with Gasteiger partial charge in [0.15, 0.2) is 0 Å². The predicted octanol–water partition coefficient (Wildman–Crippen LogP) is 5.70. The lowest BCUT2D eigenvalue weighted by Crippen LogP contribution is -2.36. The van der Waals surface area contributed by atoms with Crippen LogP contribution in [-0.2, 0) is 6.42 Å². The molecular weight excluding hydrogens is 399 g/mol. The number of halogens is 3. The summed E-state index contributed by atoms with van der Waals surface area (Å²) in [5.74, 6) is -1.35. The van der Waals surface area contributed by atoms with Gasteiger partial charge in [0.25, 0.3) is 0 Å². The first-order chi connectivity index (χ1) is 14.8. The third-order valence-electron chi connectivity index (χ3n) is 5.51. The molecule has 0 fully saturated rings. The molecule has 0 saturated carbocycles. The highest BCUT2D eigenvalue weighted by Crippen LogP contribution is 2.33. The van der Waals surface area contributed by atoms with E-state index in [0.29, 0.717) is 35.4 Å². The number of allylic oxidation sites excluding steroid dienone is 1. The molecule has 1 heterocycles. The first-order valence-electron chi connectivity index (χ1n) is 10.3. The topological polar surface area (TPSA) is 39.9 Å². The predicted molar refractivity (Wildman–Crippen MR) is 121 cm³/mol. The molecule has 2 aromatic carbocycles. The van der Waals surface area contributed by atoms with Crippen LogP contribution in [0.5, 0.6) is 0 Å². The van der Waals surface area contributed by atoms with Gasteiger partial charge < -0.3 is 15.6 Å². The molecule has 0 radical (unpaired) electrons. The van der Waals surface area contributed by atoms with Crippen LogP contribution >= 0.6 is 0 Å². The van der Waals surface area contributed by atoms with Crippen LogP contribution < -0.4 is 10.6 Å². The Morgan fingerprint density at radius 3 is 2.48 bits per heavy atom. The summed E-state index contributed by atoms with van der Waals surface area (Å²) in [6, 6.07) is 8.18. The molecule has 0 saturated heterocycles. The Balaban J connectivity index is 1.89. The Bertz CT molecular complexity index is 1070. The lowest BCUT2D eigenvalue weighted by Gasteiger charge is -2.24. The second kappa shape index (κ2) is 9.88. The Morgan fingerprint density at radius 2 is 1.84 bits per heavy atom. The van der Waals surface area contributed by atoms with E-state index in [1.54, 1.807) is 12.1 Å². The standard InChI is InChI=1S/C25H28F3N3/c1-5-23(15(2)14-29-4)30-16(3)6-11-20-21-12-19(27)13-22(28)25(21)31-24(20)17-7-9-18(26)10-8-17/h5,7-10,12-13,15,23,29-31H,1,3,6,11,14H2,2,4H3. The van der Waals surface area contributed by atoms with E-state index in [-0.39, 0.29) is 17.4 Å². The summed E-state index contributed by atoms with van der Waals surface area (Å²) in [4.78, 5) is 3.07. The molecule has 0 aliphatic rings. The Morgan fingerprint density at radius 1 is 1.13 bits per heavy atom. The van der Waals surface area contributed by atoms with Gasteiger partial charge in [-0.05, 0) is 73.8 Å². The van der Waals surface area contributed by atoms with Gasteiger partial charge in [-0.15, -0.1) is 6.58 Å². The Hall–Kier alpha value is -2.99. The largest absolute Gasteiger partial charge is 0.382 e. The first-order valence-corrected chi connectivity index (χ1v) is 10.3. The number of rotatable bonds is 10. The van der Waals surface area contributed by atoms with Gasteiger partial charge in [-0.3, -0.25) is 0 Å². The van der Waals surface area contributed by atoms with Crippen LogP contribution in [-0.4, -0.2) is 24.6 Å². The number of fused-ring (bicyclic) bond motifs is 1. The van der Waals surface area contributed by atoms with E-state index < -0.39 is 11.6 Å². The normalized spacial score (nSPS) is 13.2. The van der Waals surface area contributed by atoms with Crippen LogP contribution in [0.1, 0.15) is 18.9 Å². The summed E-state index contributed by atoms with van der Waals surface area (Å²) >= 11 is 0. The Labute approximate surface area is 181 Å². The number of H-pyrrole nitrogens is 1. The van der Waals surface area contributed by atoms with Crippen molar-refractivity contribution in [3.05, 3.63) is 84.3 Å². The number of nitrogens with one attached hydrogen (secondary N) is 3. The quantitative estimate of drug-likeness (QED) is 0.363. The van der Waals surface area contributed by atoms with Crippen molar-refractivity contribution >= 4 is 10.9 Å². The smallest absolute Gasteiger partial charge is 0.150 e. The van der Waals surface area contributed by atoms with Gasteiger partial charge in [-0.25, -0.2) is 13.2 Å². The maximum Gasteiger partial charge on any atom is 0.150 e. The minimum atomic E-state index is -0.658. The van der Waals surface area contributed by atoms with Gasteiger partial charge in [0, 0.05) is 28.9 Å². The number of aromatic nitrogens is 1. The molecule has 1 aromatic heterocycles. The first kappa shape index (κ1) is 22.7. The second-order valence-electron chi connectivity index (χ2n) is 7.84. The summed E-state index contributed by atoms with van der Waals surface area (Å²) in [5, 5.41) is 7.02. The highest BCUT2D eigenvalue weighted by atomic mass is 19.1. The molecule has 0 bridgehead atoms. The maximum absolute atomic E-state index is 14.4. The molecule has 0 aliphatic carbocycles. The van der Waals surface area contributed by atoms with Crippen molar-refractivity contribution in [1.29, 1.82) is 0 Å². The lowest BCUT2D eigenvalue weighted by atomic mass is 9.98. The zero-order valence-corrected chi connectivity index (χ0v) is 17.9. The summed E-state index contributed by atoms with van der Waals surface area (Å²) in [6.45, 7) is 11.0. The van der Waals surface area contributed by atoms with Gasteiger partial charge in [0.05, 0.1) is 5.52 Å². The van der Waals surface area contributed by atoms with E-state index in [9.17, 15) is 13.2 Å². The lowest BCUT2D eigenvalue weighted by molar-refractivity contribution is 0.443. The number of hydrogen-bond donors (Lipinski definition) is 3. The molecule has 0 spiro atoms. The fraction of sp³-hybridized carbons (Fsp3) is 0.280. The average Bonchev–Trinajstić information content (AvgIpc) is 3.09. The molecule has 3 rings (SSSR count). The highest BCUT2D eigenvalue weighted by molar-refractivity contribution is 5.91. The van der Waals surface area contributed by atoms with Crippen LogP contribution in [0.2, 0.25) is 0 Å². The van der Waals surface area contributed by atoms with E-state index in [0.717, 1.165) is 23.9 Å². The minimum absolute atomic E-state index is 0.0503. The molecular formula is C25H28F3N3. The summed E-state index contributed by atoms with van der Waals surface area (Å²) < 4.78 is 41.8. The summed E-state index contributed by atoms with van der Waals surface area (Å²) in [6.07, 6.45) is 2.93. The number of aromatic amines is 1. The zero-order valence-electron chi connectivity index (χ0n) is 17.9. The van der Waals surface area contributed by atoms with Crippen molar-refractivity contribution in [3.8, 4) is 11.3 Å².